The van der Waals surface area contributed by atoms with E-state index in [2.05, 4.69) is 0 Å². The lowest BCUT2D eigenvalue weighted by molar-refractivity contribution is -0.160. The maximum atomic E-state index is 13.1. The van der Waals surface area contributed by atoms with Gasteiger partial charge in [-0.1, -0.05) is 31.5 Å². The van der Waals surface area contributed by atoms with Crippen LogP contribution in [0.2, 0.25) is 0 Å². The zero-order valence-electron chi connectivity index (χ0n) is 18.0. The zero-order chi connectivity index (χ0) is 21.7. The van der Waals surface area contributed by atoms with Gasteiger partial charge >= 0.3 is 5.97 Å². The van der Waals surface area contributed by atoms with Gasteiger partial charge in [-0.15, -0.1) is 0 Å². The molecule has 3 aliphatic rings. The molecular formula is C24H29NO5. The van der Waals surface area contributed by atoms with Crippen LogP contribution in [0, 0.1) is 43.4 Å². The van der Waals surface area contributed by atoms with Gasteiger partial charge in [-0.05, 0) is 62.5 Å². The minimum absolute atomic E-state index is 0.228. The molecular weight excluding hydrogens is 382 g/mol. The summed E-state index contributed by atoms with van der Waals surface area (Å²) in [7, 11) is 0. The standard InChI is InChI=1S/C24H29NO5/c1-12(2)21(24(29)30-11-18(26)17-9-13(3)5-6-14(17)4)25-22(27)19-15-7-8-16(10-15)20(19)23(25)28/h5-6,9,12,15-16,19-21H,7-8,10-11H2,1-4H3/t15-,16-,19+,20+,21+/m1/s1. The molecule has 5 atom stereocenters. The van der Waals surface area contributed by atoms with Crippen LogP contribution in [0.15, 0.2) is 18.2 Å². The number of ether oxygens (including phenoxy) is 1. The Balaban J connectivity index is 1.49. The number of carbonyl (C=O) groups excluding carboxylic acids is 4. The highest BCUT2D eigenvalue weighted by atomic mass is 16.5. The van der Waals surface area contributed by atoms with Crippen LogP contribution in [0.5, 0.6) is 0 Å². The highest BCUT2D eigenvalue weighted by Crippen LogP contribution is 2.56. The highest BCUT2D eigenvalue weighted by molar-refractivity contribution is 6.09. The van der Waals surface area contributed by atoms with Crippen LogP contribution < -0.4 is 0 Å². The molecule has 0 spiro atoms. The predicted octanol–water partition coefficient (Wildman–Crippen LogP) is 3.09. The fourth-order valence-corrected chi connectivity index (χ4v) is 5.72. The summed E-state index contributed by atoms with van der Waals surface area (Å²) in [6, 6.07) is 4.56. The van der Waals surface area contributed by atoms with Gasteiger partial charge in [-0.3, -0.25) is 19.3 Å². The summed E-state index contributed by atoms with van der Waals surface area (Å²) in [4.78, 5) is 52.9. The van der Waals surface area contributed by atoms with Crippen molar-refractivity contribution in [2.24, 2.45) is 29.6 Å². The molecule has 160 valence electrons. The number of Topliss-reactive ketones (excluding diaryl/α,β-unsaturated/α-hetero) is 1. The van der Waals surface area contributed by atoms with Crippen molar-refractivity contribution in [1.82, 2.24) is 4.90 Å². The Labute approximate surface area is 177 Å². The third kappa shape index (κ3) is 3.26. The van der Waals surface area contributed by atoms with Gasteiger partial charge in [0.15, 0.2) is 6.61 Å². The topological polar surface area (TPSA) is 80.8 Å². The van der Waals surface area contributed by atoms with Gasteiger partial charge < -0.3 is 4.74 Å². The van der Waals surface area contributed by atoms with Crippen LogP contribution in [0.3, 0.4) is 0 Å². The van der Waals surface area contributed by atoms with E-state index < -0.39 is 18.6 Å². The molecule has 1 saturated heterocycles. The van der Waals surface area contributed by atoms with Crippen LogP contribution in [0.1, 0.15) is 54.6 Å². The van der Waals surface area contributed by atoms with Crippen molar-refractivity contribution >= 4 is 23.6 Å². The fraction of sp³-hybridized carbons (Fsp3) is 0.583. The van der Waals surface area contributed by atoms with Crippen molar-refractivity contribution < 1.29 is 23.9 Å². The number of benzene rings is 1. The first-order valence-corrected chi connectivity index (χ1v) is 10.8. The molecule has 2 saturated carbocycles. The van der Waals surface area contributed by atoms with Crippen molar-refractivity contribution in [3.63, 3.8) is 0 Å². The molecule has 6 nitrogen and oxygen atoms in total. The van der Waals surface area contributed by atoms with E-state index in [9.17, 15) is 19.2 Å². The lowest BCUT2D eigenvalue weighted by atomic mass is 9.81. The summed E-state index contributed by atoms with van der Waals surface area (Å²) in [5.41, 5.74) is 2.28. The van der Waals surface area contributed by atoms with E-state index in [1.807, 2.05) is 26.0 Å². The second-order valence-corrected chi connectivity index (χ2v) is 9.47. The monoisotopic (exact) mass is 411 g/mol. The average Bonchev–Trinajstić information content (AvgIpc) is 3.37. The average molecular weight is 411 g/mol. The normalized spacial score (nSPS) is 28.2. The van der Waals surface area contributed by atoms with E-state index in [4.69, 9.17) is 4.74 Å². The van der Waals surface area contributed by atoms with Crippen molar-refractivity contribution in [2.45, 2.75) is 53.0 Å². The van der Waals surface area contributed by atoms with Gasteiger partial charge in [0.1, 0.15) is 6.04 Å². The second-order valence-electron chi connectivity index (χ2n) is 9.47. The van der Waals surface area contributed by atoms with E-state index in [-0.39, 0.29) is 47.2 Å². The Morgan fingerprint density at radius 2 is 1.67 bits per heavy atom. The molecule has 6 heteroatoms. The lowest BCUT2D eigenvalue weighted by Gasteiger charge is -2.28. The number of aryl methyl sites for hydroxylation is 2. The number of ketones is 1. The molecule has 2 amide bonds. The van der Waals surface area contributed by atoms with Crippen LogP contribution in [-0.4, -0.2) is 41.1 Å². The van der Waals surface area contributed by atoms with Crippen molar-refractivity contribution in [3.8, 4) is 0 Å². The second kappa shape index (κ2) is 7.64. The molecule has 0 unspecified atom stereocenters. The molecule has 0 N–H and O–H groups in total. The van der Waals surface area contributed by atoms with Gasteiger partial charge in [0.25, 0.3) is 0 Å². The lowest BCUT2D eigenvalue weighted by Crippen LogP contribution is -2.50. The molecule has 1 aliphatic heterocycles. The van der Waals surface area contributed by atoms with E-state index in [1.54, 1.807) is 19.9 Å². The molecule has 0 aromatic heterocycles. The Kier molecular flexibility index (Phi) is 5.28. The first kappa shape index (κ1) is 20.8. The number of carbonyl (C=O) groups is 4. The number of imide groups is 1. The highest BCUT2D eigenvalue weighted by Gasteiger charge is 2.62. The maximum Gasteiger partial charge on any atom is 0.330 e. The van der Waals surface area contributed by atoms with E-state index in [0.29, 0.717) is 5.56 Å². The molecule has 2 aliphatic carbocycles. The number of hydrogen-bond acceptors (Lipinski definition) is 5. The maximum absolute atomic E-state index is 13.1. The summed E-state index contributed by atoms with van der Waals surface area (Å²) in [5.74, 6) is -1.75. The van der Waals surface area contributed by atoms with Gasteiger partial charge in [-0.25, -0.2) is 4.79 Å². The van der Waals surface area contributed by atoms with Crippen molar-refractivity contribution in [1.29, 1.82) is 0 Å². The van der Waals surface area contributed by atoms with Crippen LogP contribution in [0.25, 0.3) is 0 Å². The third-order valence-corrected chi connectivity index (χ3v) is 7.15. The number of nitrogens with zero attached hydrogens (tertiary/aromatic N) is 1. The Morgan fingerprint density at radius 3 is 2.23 bits per heavy atom. The van der Waals surface area contributed by atoms with E-state index in [0.717, 1.165) is 35.3 Å². The van der Waals surface area contributed by atoms with E-state index in [1.165, 1.54) is 0 Å². The predicted molar refractivity (Wildman–Crippen MR) is 109 cm³/mol. The molecule has 1 aromatic carbocycles. The minimum atomic E-state index is -0.985. The quantitative estimate of drug-likeness (QED) is 0.408. The molecule has 30 heavy (non-hydrogen) atoms. The van der Waals surface area contributed by atoms with Crippen LogP contribution in [0.4, 0.5) is 0 Å². The Morgan fingerprint density at radius 1 is 1.07 bits per heavy atom. The number of fused-ring (bicyclic) bond motifs is 5. The molecule has 3 fully saturated rings. The fourth-order valence-electron chi connectivity index (χ4n) is 5.72. The largest absolute Gasteiger partial charge is 0.456 e. The number of likely N-dealkylation sites (tertiary alicyclic amines) is 1. The molecule has 1 aromatic rings. The Hall–Kier alpha value is -2.50. The first-order valence-electron chi connectivity index (χ1n) is 10.8. The zero-order valence-corrected chi connectivity index (χ0v) is 18.0. The smallest absolute Gasteiger partial charge is 0.330 e. The van der Waals surface area contributed by atoms with Gasteiger partial charge in [0.2, 0.25) is 17.6 Å². The summed E-state index contributed by atoms with van der Waals surface area (Å²) in [6.45, 7) is 6.91. The van der Waals surface area contributed by atoms with Gasteiger partial charge in [0.05, 0.1) is 11.8 Å². The Bertz CT molecular complexity index is 892. The number of hydrogen-bond donors (Lipinski definition) is 0. The molecule has 2 bridgehead atoms. The number of esters is 1. The summed E-state index contributed by atoms with van der Waals surface area (Å²) in [5, 5.41) is 0. The minimum Gasteiger partial charge on any atom is -0.456 e. The van der Waals surface area contributed by atoms with Gasteiger partial charge in [-0.2, -0.15) is 0 Å². The van der Waals surface area contributed by atoms with Crippen LogP contribution in [-0.2, 0) is 19.1 Å². The van der Waals surface area contributed by atoms with Crippen molar-refractivity contribution in [3.05, 3.63) is 34.9 Å². The number of rotatable bonds is 6. The summed E-state index contributed by atoms with van der Waals surface area (Å²) >= 11 is 0. The SMILES string of the molecule is Cc1ccc(C)c(C(=O)COC(=O)[C@H](C(C)C)N2C(=O)[C@H]3[C@@H]4CC[C@H](C4)[C@@H]3C2=O)c1. The van der Waals surface area contributed by atoms with E-state index >= 15 is 0 Å². The molecule has 0 radical (unpaired) electrons. The first-order chi connectivity index (χ1) is 14.2. The third-order valence-electron chi connectivity index (χ3n) is 7.15. The number of amides is 2. The summed E-state index contributed by atoms with van der Waals surface area (Å²) in [6.07, 6.45) is 2.92. The summed E-state index contributed by atoms with van der Waals surface area (Å²) < 4.78 is 5.34. The molecule has 4 rings (SSSR count). The van der Waals surface area contributed by atoms with Crippen molar-refractivity contribution in [2.75, 3.05) is 6.61 Å². The van der Waals surface area contributed by atoms with Crippen LogP contribution >= 0.6 is 0 Å². The molecule has 1 heterocycles. The van der Waals surface area contributed by atoms with Gasteiger partial charge in [0, 0.05) is 5.56 Å².